The van der Waals surface area contributed by atoms with E-state index >= 15 is 0 Å². The molecule has 0 saturated carbocycles. The van der Waals surface area contributed by atoms with E-state index < -0.39 is 10.0 Å². The first-order valence-electron chi connectivity index (χ1n) is 8.99. The van der Waals surface area contributed by atoms with Crippen molar-refractivity contribution < 1.29 is 8.42 Å². The molecule has 1 saturated heterocycles. The molecule has 0 atom stereocenters. The fourth-order valence-corrected chi connectivity index (χ4v) is 4.93. The summed E-state index contributed by atoms with van der Waals surface area (Å²) in [5, 5.41) is 4.47. The van der Waals surface area contributed by atoms with E-state index in [1.54, 1.807) is 16.4 Å². The number of aromatic nitrogens is 2. The minimum absolute atomic E-state index is 0.396. The topological polar surface area (TPSA) is 58.4 Å². The van der Waals surface area contributed by atoms with Crippen LogP contribution in [0.1, 0.15) is 28.1 Å². The van der Waals surface area contributed by atoms with E-state index in [0.29, 0.717) is 18.0 Å². The summed E-state index contributed by atoms with van der Waals surface area (Å²) in [5.74, 6) is 0. The molecule has 0 N–H and O–H groups in total. The highest BCUT2D eigenvalue weighted by Crippen LogP contribution is 2.22. The standard InChI is InChI=1S/C19H28N4O2S/c1-14-6-7-18(12-15(14)2)26(24,25)23-10-8-22(9-11-23)13-19-16(3)20-21(5)17(19)4/h6-7,12H,8-11,13H2,1-5H3. The van der Waals surface area contributed by atoms with E-state index in [0.717, 1.165) is 36.5 Å². The fraction of sp³-hybridized carbons (Fsp3) is 0.526. The SMILES string of the molecule is Cc1ccc(S(=O)(=O)N2CCN(Cc3c(C)nn(C)c3C)CC2)cc1C. The smallest absolute Gasteiger partial charge is 0.243 e. The Bertz CT molecular complexity index is 910. The summed E-state index contributed by atoms with van der Waals surface area (Å²) >= 11 is 0. The molecule has 1 aromatic heterocycles. The molecule has 1 aliphatic rings. The van der Waals surface area contributed by atoms with Crippen molar-refractivity contribution in [2.75, 3.05) is 26.2 Å². The second-order valence-electron chi connectivity index (χ2n) is 7.20. The first-order chi connectivity index (χ1) is 12.2. The predicted molar refractivity (Wildman–Crippen MR) is 103 cm³/mol. The van der Waals surface area contributed by atoms with Gasteiger partial charge < -0.3 is 0 Å². The van der Waals surface area contributed by atoms with Gasteiger partial charge in [-0.15, -0.1) is 0 Å². The summed E-state index contributed by atoms with van der Waals surface area (Å²) in [6.45, 7) is 11.4. The molecular formula is C19H28N4O2S. The Labute approximate surface area is 156 Å². The lowest BCUT2D eigenvalue weighted by molar-refractivity contribution is 0.181. The van der Waals surface area contributed by atoms with Crippen LogP contribution in [-0.4, -0.2) is 53.6 Å². The quantitative estimate of drug-likeness (QED) is 0.821. The zero-order valence-corrected chi connectivity index (χ0v) is 17.1. The summed E-state index contributed by atoms with van der Waals surface area (Å²) in [7, 11) is -1.46. The molecule has 2 aromatic rings. The number of nitrogens with zero attached hydrogens (tertiary/aromatic N) is 4. The highest BCUT2D eigenvalue weighted by molar-refractivity contribution is 7.89. The maximum absolute atomic E-state index is 12.9. The lowest BCUT2D eigenvalue weighted by Crippen LogP contribution is -2.48. The summed E-state index contributed by atoms with van der Waals surface area (Å²) in [5.41, 5.74) is 5.59. The van der Waals surface area contributed by atoms with Crippen LogP contribution in [0.4, 0.5) is 0 Å². The van der Waals surface area contributed by atoms with Gasteiger partial charge in [0.15, 0.2) is 0 Å². The van der Waals surface area contributed by atoms with Crippen LogP contribution >= 0.6 is 0 Å². The Hall–Kier alpha value is -1.70. The fourth-order valence-electron chi connectivity index (χ4n) is 3.42. The van der Waals surface area contributed by atoms with Crippen LogP contribution in [0, 0.1) is 27.7 Å². The van der Waals surface area contributed by atoms with Gasteiger partial charge in [-0.05, 0) is 51.0 Å². The Morgan fingerprint density at radius 3 is 2.19 bits per heavy atom. The Balaban J connectivity index is 1.68. The molecule has 26 heavy (non-hydrogen) atoms. The molecule has 0 bridgehead atoms. The van der Waals surface area contributed by atoms with Crippen molar-refractivity contribution in [3.05, 3.63) is 46.3 Å². The third kappa shape index (κ3) is 3.56. The molecule has 0 aliphatic carbocycles. The Morgan fingerprint density at radius 2 is 1.65 bits per heavy atom. The number of piperazine rings is 1. The minimum atomic E-state index is -3.42. The average molecular weight is 377 g/mol. The van der Waals surface area contributed by atoms with Crippen molar-refractivity contribution in [3.63, 3.8) is 0 Å². The van der Waals surface area contributed by atoms with Crippen LogP contribution in [0.2, 0.25) is 0 Å². The van der Waals surface area contributed by atoms with E-state index in [2.05, 4.69) is 16.9 Å². The van der Waals surface area contributed by atoms with Gasteiger partial charge in [-0.2, -0.15) is 9.40 Å². The second-order valence-corrected chi connectivity index (χ2v) is 9.14. The van der Waals surface area contributed by atoms with E-state index in [1.807, 2.05) is 38.6 Å². The molecule has 0 unspecified atom stereocenters. The Kier molecular flexibility index (Phi) is 5.23. The van der Waals surface area contributed by atoms with Gasteiger partial charge in [0.1, 0.15) is 0 Å². The maximum Gasteiger partial charge on any atom is 0.243 e. The van der Waals surface area contributed by atoms with E-state index in [-0.39, 0.29) is 0 Å². The van der Waals surface area contributed by atoms with E-state index in [9.17, 15) is 8.42 Å². The lowest BCUT2D eigenvalue weighted by Gasteiger charge is -2.34. The molecule has 1 aliphatic heterocycles. The molecule has 0 spiro atoms. The molecule has 3 rings (SSSR count). The third-order valence-corrected chi connectivity index (χ3v) is 7.38. The molecule has 7 heteroatoms. The molecule has 1 aromatic carbocycles. The van der Waals surface area contributed by atoms with Crippen molar-refractivity contribution in [1.29, 1.82) is 0 Å². The van der Waals surface area contributed by atoms with E-state index in [4.69, 9.17) is 0 Å². The van der Waals surface area contributed by atoms with Crippen LogP contribution in [0.15, 0.2) is 23.1 Å². The molecule has 1 fully saturated rings. The number of aryl methyl sites for hydroxylation is 4. The van der Waals surface area contributed by atoms with Gasteiger partial charge in [-0.25, -0.2) is 8.42 Å². The van der Waals surface area contributed by atoms with E-state index in [1.165, 1.54) is 11.3 Å². The van der Waals surface area contributed by atoms with Gasteiger partial charge in [0.2, 0.25) is 10.0 Å². The van der Waals surface area contributed by atoms with Crippen LogP contribution < -0.4 is 0 Å². The van der Waals surface area contributed by atoms with Crippen LogP contribution in [0.5, 0.6) is 0 Å². The second kappa shape index (κ2) is 7.13. The predicted octanol–water partition coefficient (Wildman–Crippen LogP) is 2.16. The molecule has 6 nitrogen and oxygen atoms in total. The van der Waals surface area contributed by atoms with Crippen molar-refractivity contribution in [2.24, 2.45) is 7.05 Å². The summed E-state index contributed by atoms with van der Waals surface area (Å²) in [6.07, 6.45) is 0. The zero-order chi connectivity index (χ0) is 19.1. The van der Waals surface area contributed by atoms with Gasteiger partial charge in [0.05, 0.1) is 10.6 Å². The molecule has 0 amide bonds. The van der Waals surface area contributed by atoms with Gasteiger partial charge in [0.25, 0.3) is 0 Å². The van der Waals surface area contributed by atoms with Gasteiger partial charge >= 0.3 is 0 Å². The van der Waals surface area contributed by atoms with Crippen molar-refractivity contribution in [1.82, 2.24) is 19.0 Å². The normalized spacial score (nSPS) is 17.0. The number of sulfonamides is 1. The van der Waals surface area contributed by atoms with Gasteiger partial charge in [0, 0.05) is 51.0 Å². The van der Waals surface area contributed by atoms with Crippen LogP contribution in [0.3, 0.4) is 0 Å². The molecule has 0 radical (unpaired) electrons. The third-order valence-electron chi connectivity index (χ3n) is 5.49. The lowest BCUT2D eigenvalue weighted by atomic mass is 10.1. The van der Waals surface area contributed by atoms with Crippen molar-refractivity contribution in [3.8, 4) is 0 Å². The van der Waals surface area contributed by atoms with Gasteiger partial charge in [-0.1, -0.05) is 6.07 Å². The largest absolute Gasteiger partial charge is 0.296 e. The van der Waals surface area contributed by atoms with Gasteiger partial charge in [-0.3, -0.25) is 9.58 Å². The summed E-state index contributed by atoms with van der Waals surface area (Å²) < 4.78 is 29.4. The first-order valence-corrected chi connectivity index (χ1v) is 10.4. The molecular weight excluding hydrogens is 348 g/mol. The zero-order valence-electron chi connectivity index (χ0n) is 16.3. The number of hydrogen-bond donors (Lipinski definition) is 0. The summed E-state index contributed by atoms with van der Waals surface area (Å²) in [4.78, 5) is 2.71. The maximum atomic E-state index is 12.9. The molecule has 2 heterocycles. The summed E-state index contributed by atoms with van der Waals surface area (Å²) in [6, 6.07) is 5.37. The number of benzene rings is 1. The highest BCUT2D eigenvalue weighted by atomic mass is 32.2. The van der Waals surface area contributed by atoms with Crippen LogP contribution in [-0.2, 0) is 23.6 Å². The first kappa shape index (κ1) is 19.1. The Morgan fingerprint density at radius 1 is 1.00 bits per heavy atom. The van der Waals surface area contributed by atoms with Crippen molar-refractivity contribution >= 4 is 10.0 Å². The monoisotopic (exact) mass is 376 g/mol. The minimum Gasteiger partial charge on any atom is -0.296 e. The van der Waals surface area contributed by atoms with Crippen LogP contribution in [0.25, 0.3) is 0 Å². The highest BCUT2D eigenvalue weighted by Gasteiger charge is 2.29. The molecule has 142 valence electrons. The number of rotatable bonds is 4. The number of hydrogen-bond acceptors (Lipinski definition) is 4. The average Bonchev–Trinajstić information content (AvgIpc) is 2.84. The van der Waals surface area contributed by atoms with Crippen molar-refractivity contribution in [2.45, 2.75) is 39.1 Å².